The van der Waals surface area contributed by atoms with Crippen LogP contribution in [-0.2, 0) is 4.79 Å². The predicted molar refractivity (Wildman–Crippen MR) is 69.4 cm³/mol. The van der Waals surface area contributed by atoms with Gasteiger partial charge in [-0.25, -0.2) is 4.39 Å². The second-order valence-corrected chi connectivity index (χ2v) is 4.90. The van der Waals surface area contributed by atoms with E-state index in [1.807, 2.05) is 0 Å². The topological polar surface area (TPSA) is 64.2 Å². The molecular weight excluding hydrogens is 255 g/mol. The molecule has 0 spiro atoms. The summed E-state index contributed by atoms with van der Waals surface area (Å²) in [5.41, 5.74) is -0.535. The molecule has 0 saturated heterocycles. The van der Waals surface area contributed by atoms with Crippen LogP contribution in [0.2, 0.25) is 0 Å². The molecule has 1 rings (SSSR count). The van der Waals surface area contributed by atoms with Crippen molar-refractivity contribution in [2.45, 2.75) is 13.8 Å². The van der Waals surface area contributed by atoms with Gasteiger partial charge < -0.3 is 20.5 Å². The molecule has 0 saturated carbocycles. The van der Waals surface area contributed by atoms with Gasteiger partial charge in [-0.05, 0) is 30.4 Å². The number of carbonyl (C=O) groups is 1. The zero-order valence-electron chi connectivity index (χ0n) is 10.1. The molecule has 0 unspecified atom stereocenters. The summed E-state index contributed by atoms with van der Waals surface area (Å²) in [6.07, 6.45) is 0. The van der Waals surface area contributed by atoms with Crippen LogP contribution in [0.25, 0.3) is 0 Å². The maximum absolute atomic E-state index is 12.9. The predicted octanol–water partition coefficient (Wildman–Crippen LogP) is 0.888. The zero-order valence-corrected chi connectivity index (χ0v) is 10.9. The van der Waals surface area contributed by atoms with Gasteiger partial charge in [-0.3, -0.25) is 0 Å². The van der Waals surface area contributed by atoms with Gasteiger partial charge in [0, 0.05) is 23.6 Å². The summed E-state index contributed by atoms with van der Waals surface area (Å²) in [7, 11) is 0. The number of anilines is 1. The van der Waals surface area contributed by atoms with Gasteiger partial charge in [-0.1, -0.05) is 19.9 Å². The van der Waals surface area contributed by atoms with E-state index in [9.17, 15) is 14.3 Å². The summed E-state index contributed by atoms with van der Waals surface area (Å²) >= 11 is 4.98. The molecule has 18 heavy (non-hydrogen) atoms. The fourth-order valence-electron chi connectivity index (χ4n) is 1.11. The van der Waals surface area contributed by atoms with E-state index < -0.39 is 11.4 Å². The molecular formula is C12H14FN2O2S-. The Kier molecular flexibility index (Phi) is 4.61. The summed E-state index contributed by atoms with van der Waals surface area (Å²) in [6.45, 7) is 3.18. The number of carboxylic acids is 1. The summed E-state index contributed by atoms with van der Waals surface area (Å²) < 4.78 is 12.9. The van der Waals surface area contributed by atoms with Crippen LogP contribution in [0.5, 0.6) is 0 Å². The van der Waals surface area contributed by atoms with E-state index in [0.717, 1.165) is 0 Å². The Bertz CT molecular complexity index is 463. The number of thiocarbonyl (C=S) groups is 1. The monoisotopic (exact) mass is 269 g/mol. The molecule has 98 valence electrons. The first-order valence-electron chi connectivity index (χ1n) is 5.33. The smallest absolute Gasteiger partial charge is 0.170 e. The molecule has 4 nitrogen and oxygen atoms in total. The van der Waals surface area contributed by atoms with Crippen LogP contribution >= 0.6 is 12.2 Å². The minimum absolute atomic E-state index is 0.122. The molecule has 0 bridgehead atoms. The van der Waals surface area contributed by atoms with Crippen LogP contribution in [0.1, 0.15) is 13.8 Å². The van der Waals surface area contributed by atoms with Gasteiger partial charge in [0.15, 0.2) is 5.11 Å². The second kappa shape index (κ2) is 5.77. The fourth-order valence-corrected chi connectivity index (χ4v) is 1.30. The van der Waals surface area contributed by atoms with Gasteiger partial charge in [0.05, 0.1) is 0 Å². The third-order valence-electron chi connectivity index (χ3n) is 2.33. The lowest BCUT2D eigenvalue weighted by Gasteiger charge is -2.26. The third-order valence-corrected chi connectivity index (χ3v) is 2.57. The van der Waals surface area contributed by atoms with Crippen molar-refractivity contribution in [1.82, 2.24) is 5.32 Å². The largest absolute Gasteiger partial charge is 0.550 e. The molecule has 0 heterocycles. The molecule has 1 aromatic carbocycles. The first kappa shape index (κ1) is 14.4. The van der Waals surface area contributed by atoms with Crippen molar-refractivity contribution in [2.24, 2.45) is 5.41 Å². The molecule has 0 aliphatic carbocycles. The average molecular weight is 269 g/mol. The molecule has 0 amide bonds. The molecule has 0 fully saturated rings. The SMILES string of the molecule is CC(C)(CNC(=S)Nc1cccc(F)c1)C(=O)[O-]. The van der Waals surface area contributed by atoms with Gasteiger partial charge in [0.25, 0.3) is 0 Å². The molecule has 0 aromatic heterocycles. The lowest BCUT2D eigenvalue weighted by Crippen LogP contribution is -2.46. The third kappa shape index (κ3) is 4.29. The standard InChI is InChI=1S/C12H15FN2O2S/c1-12(2,10(16)17)7-14-11(18)15-9-5-3-4-8(13)6-9/h3-6H,7H2,1-2H3,(H,16,17)(H2,14,15,18)/p-1. The van der Waals surface area contributed by atoms with Crippen molar-refractivity contribution in [3.63, 3.8) is 0 Å². The zero-order chi connectivity index (χ0) is 13.8. The number of benzene rings is 1. The minimum atomic E-state index is -1.16. The van der Waals surface area contributed by atoms with E-state index in [0.29, 0.717) is 5.69 Å². The summed E-state index contributed by atoms with van der Waals surface area (Å²) in [5, 5.41) is 16.5. The number of rotatable bonds is 4. The van der Waals surface area contributed by atoms with Crippen LogP contribution in [0, 0.1) is 11.2 Å². The van der Waals surface area contributed by atoms with Gasteiger partial charge >= 0.3 is 0 Å². The Balaban J connectivity index is 2.50. The van der Waals surface area contributed by atoms with E-state index in [-0.39, 0.29) is 17.5 Å². The van der Waals surface area contributed by atoms with Crippen LogP contribution in [0.4, 0.5) is 10.1 Å². The normalized spacial score (nSPS) is 10.8. The van der Waals surface area contributed by atoms with E-state index in [2.05, 4.69) is 10.6 Å². The number of hydrogen-bond donors (Lipinski definition) is 2. The van der Waals surface area contributed by atoms with Gasteiger partial charge in [-0.15, -0.1) is 0 Å². The molecule has 0 aliphatic heterocycles. The van der Waals surface area contributed by atoms with Gasteiger partial charge in [0.2, 0.25) is 0 Å². The lowest BCUT2D eigenvalue weighted by atomic mass is 9.94. The summed E-state index contributed by atoms with van der Waals surface area (Å²) in [5.74, 6) is -1.54. The minimum Gasteiger partial charge on any atom is -0.550 e. The van der Waals surface area contributed by atoms with Crippen molar-refractivity contribution >= 4 is 29.0 Å². The van der Waals surface area contributed by atoms with Crippen LogP contribution in [-0.4, -0.2) is 17.6 Å². The number of aliphatic carboxylic acids is 1. The van der Waals surface area contributed by atoms with Crippen LogP contribution < -0.4 is 15.7 Å². The Labute approximate surface area is 110 Å². The Hall–Kier alpha value is -1.69. The van der Waals surface area contributed by atoms with Crippen molar-refractivity contribution in [3.05, 3.63) is 30.1 Å². The lowest BCUT2D eigenvalue weighted by molar-refractivity contribution is -0.317. The van der Waals surface area contributed by atoms with Gasteiger partial charge in [0.1, 0.15) is 5.82 Å². The number of carbonyl (C=O) groups excluding carboxylic acids is 1. The van der Waals surface area contributed by atoms with Crippen molar-refractivity contribution in [3.8, 4) is 0 Å². The molecule has 2 N–H and O–H groups in total. The first-order chi connectivity index (χ1) is 8.31. The Morgan fingerprint density at radius 3 is 2.72 bits per heavy atom. The molecule has 6 heteroatoms. The number of nitrogens with one attached hydrogen (secondary N) is 2. The van der Waals surface area contributed by atoms with E-state index in [1.165, 1.54) is 26.0 Å². The van der Waals surface area contributed by atoms with E-state index >= 15 is 0 Å². The Morgan fingerprint density at radius 2 is 2.17 bits per heavy atom. The highest BCUT2D eigenvalue weighted by Crippen LogP contribution is 2.12. The number of halogens is 1. The first-order valence-corrected chi connectivity index (χ1v) is 5.74. The molecule has 0 aliphatic rings. The maximum atomic E-state index is 12.9. The van der Waals surface area contributed by atoms with Crippen molar-refractivity contribution in [1.29, 1.82) is 0 Å². The molecule has 0 radical (unpaired) electrons. The van der Waals surface area contributed by atoms with E-state index in [1.54, 1.807) is 12.1 Å². The summed E-state index contributed by atoms with van der Waals surface area (Å²) in [4.78, 5) is 10.8. The highest BCUT2D eigenvalue weighted by atomic mass is 32.1. The van der Waals surface area contributed by atoms with Crippen molar-refractivity contribution in [2.75, 3.05) is 11.9 Å². The number of carboxylic acid groups (broad SMARTS) is 1. The molecule has 0 atom stereocenters. The fraction of sp³-hybridized carbons (Fsp3) is 0.333. The summed E-state index contributed by atoms with van der Waals surface area (Å²) in [6, 6.07) is 5.81. The van der Waals surface area contributed by atoms with Crippen molar-refractivity contribution < 1.29 is 14.3 Å². The maximum Gasteiger partial charge on any atom is 0.170 e. The molecule has 1 aromatic rings. The Morgan fingerprint density at radius 1 is 1.50 bits per heavy atom. The quantitative estimate of drug-likeness (QED) is 0.795. The highest BCUT2D eigenvalue weighted by Gasteiger charge is 2.19. The number of hydrogen-bond acceptors (Lipinski definition) is 3. The van der Waals surface area contributed by atoms with Crippen LogP contribution in [0.15, 0.2) is 24.3 Å². The van der Waals surface area contributed by atoms with Gasteiger partial charge in [-0.2, -0.15) is 0 Å². The highest BCUT2D eigenvalue weighted by molar-refractivity contribution is 7.80. The second-order valence-electron chi connectivity index (χ2n) is 4.49. The van der Waals surface area contributed by atoms with E-state index in [4.69, 9.17) is 12.2 Å². The average Bonchev–Trinajstić information content (AvgIpc) is 2.26. The van der Waals surface area contributed by atoms with Crippen LogP contribution in [0.3, 0.4) is 0 Å².